The van der Waals surface area contributed by atoms with Crippen molar-refractivity contribution in [2.75, 3.05) is 7.11 Å². The van der Waals surface area contributed by atoms with E-state index in [2.05, 4.69) is 6.92 Å². The van der Waals surface area contributed by atoms with Gasteiger partial charge in [0.2, 0.25) is 0 Å². The fraction of sp³-hybridized carbons (Fsp3) is 0.900. The molecule has 2 aliphatic rings. The minimum Gasteiger partial charge on any atom is -0.469 e. The van der Waals surface area contributed by atoms with Gasteiger partial charge in [-0.05, 0) is 37.5 Å². The molecule has 0 aromatic carbocycles. The first-order chi connectivity index (χ1) is 5.60. The second-order valence-corrected chi connectivity index (χ2v) is 4.76. The van der Waals surface area contributed by atoms with Gasteiger partial charge in [-0.3, -0.25) is 4.79 Å². The van der Waals surface area contributed by atoms with Gasteiger partial charge in [0.25, 0.3) is 0 Å². The highest BCUT2D eigenvalue weighted by molar-refractivity contribution is 5.77. The second-order valence-electron chi connectivity index (χ2n) is 4.76. The van der Waals surface area contributed by atoms with Crippen molar-refractivity contribution >= 4 is 5.97 Å². The maximum atomic E-state index is 11.5. The van der Waals surface area contributed by atoms with E-state index in [-0.39, 0.29) is 11.4 Å². The molecule has 2 aliphatic carbocycles. The molecule has 2 fully saturated rings. The minimum atomic E-state index is -0.0799. The highest BCUT2D eigenvalue weighted by Gasteiger charge is 2.56. The summed E-state index contributed by atoms with van der Waals surface area (Å²) < 4.78 is 4.86. The van der Waals surface area contributed by atoms with Crippen LogP contribution in [0.2, 0.25) is 0 Å². The Balaban J connectivity index is 2.20. The van der Waals surface area contributed by atoms with Crippen molar-refractivity contribution in [2.24, 2.45) is 10.8 Å². The van der Waals surface area contributed by atoms with Crippen molar-refractivity contribution in [2.45, 2.75) is 39.0 Å². The third kappa shape index (κ3) is 0.900. The van der Waals surface area contributed by atoms with Crippen molar-refractivity contribution in [3.63, 3.8) is 0 Å². The van der Waals surface area contributed by atoms with Crippen molar-refractivity contribution < 1.29 is 9.53 Å². The maximum Gasteiger partial charge on any atom is 0.311 e. The van der Waals surface area contributed by atoms with E-state index >= 15 is 0 Å². The Labute approximate surface area is 73.3 Å². The predicted octanol–water partition coefficient (Wildman–Crippen LogP) is 2.13. The molecule has 0 N–H and O–H groups in total. The molecule has 2 bridgehead atoms. The highest BCUT2D eigenvalue weighted by Crippen LogP contribution is 2.61. The molecule has 68 valence electrons. The number of carbonyl (C=O) groups excluding carboxylic acids is 1. The fourth-order valence-corrected chi connectivity index (χ4v) is 3.00. The second kappa shape index (κ2) is 2.24. The first-order valence-corrected chi connectivity index (χ1v) is 4.69. The summed E-state index contributed by atoms with van der Waals surface area (Å²) >= 11 is 0. The molecule has 0 spiro atoms. The lowest BCUT2D eigenvalue weighted by atomic mass is 9.83. The smallest absolute Gasteiger partial charge is 0.311 e. The summed E-state index contributed by atoms with van der Waals surface area (Å²) in [7, 11) is 1.51. The maximum absolute atomic E-state index is 11.5. The van der Waals surface area contributed by atoms with Crippen molar-refractivity contribution in [1.29, 1.82) is 0 Å². The quantitative estimate of drug-likeness (QED) is 0.561. The third-order valence-electron chi connectivity index (χ3n) is 3.80. The van der Waals surface area contributed by atoms with E-state index in [1.807, 2.05) is 0 Å². The zero-order valence-electron chi connectivity index (χ0n) is 7.85. The van der Waals surface area contributed by atoms with Gasteiger partial charge in [0.05, 0.1) is 12.5 Å². The molecular formula is C10H16O2. The zero-order valence-corrected chi connectivity index (χ0v) is 7.85. The summed E-state index contributed by atoms with van der Waals surface area (Å²) in [5.41, 5.74) is 0.373. The average Bonchev–Trinajstić information content (AvgIpc) is 2.57. The molecule has 12 heavy (non-hydrogen) atoms. The van der Waals surface area contributed by atoms with E-state index < -0.39 is 0 Å². The van der Waals surface area contributed by atoms with Crippen molar-refractivity contribution in [3.8, 4) is 0 Å². The van der Waals surface area contributed by atoms with Crippen molar-refractivity contribution in [3.05, 3.63) is 0 Å². The summed E-state index contributed by atoms with van der Waals surface area (Å²) in [6, 6.07) is 0. The van der Waals surface area contributed by atoms with Crippen LogP contribution < -0.4 is 0 Å². The van der Waals surface area contributed by atoms with Crippen LogP contribution in [-0.4, -0.2) is 13.1 Å². The molecule has 0 heterocycles. The van der Waals surface area contributed by atoms with E-state index in [1.165, 1.54) is 20.0 Å². The molecule has 2 nitrogen and oxygen atoms in total. The molecule has 0 atom stereocenters. The van der Waals surface area contributed by atoms with Gasteiger partial charge in [-0.25, -0.2) is 0 Å². The predicted molar refractivity (Wildman–Crippen MR) is 45.6 cm³/mol. The molecule has 2 rings (SSSR count). The number of rotatable bonds is 1. The molecule has 0 saturated heterocycles. The molecule has 0 radical (unpaired) electrons. The van der Waals surface area contributed by atoms with E-state index in [0.29, 0.717) is 5.41 Å². The Kier molecular flexibility index (Phi) is 1.51. The molecule has 0 amide bonds. The fourth-order valence-electron chi connectivity index (χ4n) is 3.00. The minimum absolute atomic E-state index is 0.0312. The summed E-state index contributed by atoms with van der Waals surface area (Å²) in [6.07, 6.45) is 5.59. The Morgan fingerprint density at radius 2 is 1.83 bits per heavy atom. The number of hydrogen-bond donors (Lipinski definition) is 0. The van der Waals surface area contributed by atoms with Crippen LogP contribution >= 0.6 is 0 Å². The van der Waals surface area contributed by atoms with Gasteiger partial charge in [0.15, 0.2) is 0 Å². The van der Waals surface area contributed by atoms with E-state index in [4.69, 9.17) is 4.74 Å². The number of ether oxygens (including phenoxy) is 1. The summed E-state index contributed by atoms with van der Waals surface area (Å²) in [6.45, 7) is 2.30. The molecular weight excluding hydrogens is 152 g/mol. The van der Waals surface area contributed by atoms with Crippen LogP contribution in [0.15, 0.2) is 0 Å². The van der Waals surface area contributed by atoms with Gasteiger partial charge >= 0.3 is 5.97 Å². The number of carbonyl (C=O) groups is 1. The number of esters is 1. The number of fused-ring (bicyclic) bond motifs is 2. The molecule has 0 aliphatic heterocycles. The zero-order chi connectivity index (χ0) is 8.82. The van der Waals surface area contributed by atoms with Crippen molar-refractivity contribution in [1.82, 2.24) is 0 Å². The normalized spacial score (nSPS) is 44.8. The Morgan fingerprint density at radius 3 is 2.17 bits per heavy atom. The summed E-state index contributed by atoms with van der Waals surface area (Å²) in [5.74, 6) is 0.0312. The molecule has 0 aromatic rings. The van der Waals surface area contributed by atoms with Gasteiger partial charge in [0, 0.05) is 0 Å². The lowest BCUT2D eigenvalue weighted by Gasteiger charge is -2.23. The highest BCUT2D eigenvalue weighted by atomic mass is 16.5. The SMILES string of the molecule is COC(=O)C12CCC(C)(CC1)C2. The Morgan fingerprint density at radius 1 is 1.25 bits per heavy atom. The van der Waals surface area contributed by atoms with Crippen LogP contribution in [0.25, 0.3) is 0 Å². The Hall–Kier alpha value is -0.530. The van der Waals surface area contributed by atoms with Crippen LogP contribution in [0.4, 0.5) is 0 Å². The average molecular weight is 168 g/mol. The molecule has 2 heteroatoms. The van der Waals surface area contributed by atoms with E-state index in [1.54, 1.807) is 0 Å². The van der Waals surface area contributed by atoms with Gasteiger partial charge in [0.1, 0.15) is 0 Å². The van der Waals surface area contributed by atoms with E-state index in [9.17, 15) is 4.79 Å². The van der Waals surface area contributed by atoms with Crippen LogP contribution in [0.1, 0.15) is 39.0 Å². The topological polar surface area (TPSA) is 26.3 Å². The lowest BCUT2D eigenvalue weighted by Crippen LogP contribution is -2.27. The van der Waals surface area contributed by atoms with Crippen LogP contribution in [0.3, 0.4) is 0 Å². The van der Waals surface area contributed by atoms with Crippen LogP contribution in [0.5, 0.6) is 0 Å². The first kappa shape index (κ1) is 8.09. The number of hydrogen-bond acceptors (Lipinski definition) is 2. The summed E-state index contributed by atoms with van der Waals surface area (Å²) in [4.78, 5) is 11.5. The van der Waals surface area contributed by atoms with Gasteiger partial charge in [-0.15, -0.1) is 0 Å². The van der Waals surface area contributed by atoms with Gasteiger partial charge in [-0.2, -0.15) is 0 Å². The van der Waals surface area contributed by atoms with Crippen LogP contribution in [-0.2, 0) is 9.53 Å². The lowest BCUT2D eigenvalue weighted by molar-refractivity contribution is -0.152. The third-order valence-corrected chi connectivity index (χ3v) is 3.80. The monoisotopic (exact) mass is 168 g/mol. The molecule has 0 aromatic heterocycles. The first-order valence-electron chi connectivity index (χ1n) is 4.69. The largest absolute Gasteiger partial charge is 0.469 e. The summed E-state index contributed by atoms with van der Waals surface area (Å²) in [5, 5.41) is 0. The van der Waals surface area contributed by atoms with Crippen LogP contribution in [0, 0.1) is 10.8 Å². The Bertz CT molecular complexity index is 212. The molecule has 2 saturated carbocycles. The standard InChI is InChI=1S/C10H16O2/c1-9-3-5-10(7-9,6-4-9)8(11)12-2/h3-7H2,1-2H3. The molecule has 0 unspecified atom stereocenters. The number of methoxy groups -OCH3 is 1. The van der Waals surface area contributed by atoms with Gasteiger partial charge < -0.3 is 4.74 Å². The van der Waals surface area contributed by atoms with Gasteiger partial charge in [-0.1, -0.05) is 6.92 Å². The van der Waals surface area contributed by atoms with E-state index in [0.717, 1.165) is 19.3 Å².